The average Bonchev–Trinajstić information content (AvgIpc) is 2.22. The van der Waals surface area contributed by atoms with Crippen LogP contribution >= 0.6 is 34.8 Å². The predicted molar refractivity (Wildman–Crippen MR) is 64.7 cm³/mol. The minimum Gasteiger partial charge on any atom is -0.207 e. The summed E-state index contributed by atoms with van der Waals surface area (Å²) < 4.78 is 13.6. The van der Waals surface area contributed by atoms with Crippen molar-refractivity contribution in [3.8, 4) is 11.1 Å². The summed E-state index contributed by atoms with van der Waals surface area (Å²) in [5.74, 6) is -0.670. The first-order chi connectivity index (χ1) is 7.58. The second-order valence-electron chi connectivity index (χ2n) is 3.10. The molecule has 0 N–H and O–H groups in total. The minimum absolute atomic E-state index is 0.0967. The quantitative estimate of drug-likeness (QED) is 0.679. The number of halogens is 4. The summed E-state index contributed by atoms with van der Waals surface area (Å²) in [5, 5.41) is 0.987. The number of rotatable bonds is 1. The summed E-state index contributed by atoms with van der Waals surface area (Å²) in [6.07, 6.45) is 0. The van der Waals surface area contributed by atoms with Gasteiger partial charge in [0, 0.05) is 21.2 Å². The van der Waals surface area contributed by atoms with Gasteiger partial charge in [0.15, 0.2) is 0 Å². The number of nitrogens with zero attached hydrogens (tertiary/aromatic N) is 1. The van der Waals surface area contributed by atoms with Crippen molar-refractivity contribution >= 4 is 34.8 Å². The zero-order chi connectivity index (χ0) is 11.7. The van der Waals surface area contributed by atoms with Crippen LogP contribution in [0.15, 0.2) is 30.3 Å². The molecule has 16 heavy (non-hydrogen) atoms. The highest BCUT2D eigenvalue weighted by Crippen LogP contribution is 2.32. The Morgan fingerprint density at radius 2 is 1.69 bits per heavy atom. The molecule has 2 aromatic rings. The first kappa shape index (κ1) is 11.6. The van der Waals surface area contributed by atoms with Gasteiger partial charge in [0.1, 0.15) is 5.15 Å². The molecule has 2 rings (SSSR count). The molecule has 5 heteroatoms. The molecule has 0 aliphatic rings. The third kappa shape index (κ3) is 2.29. The van der Waals surface area contributed by atoms with Gasteiger partial charge in [-0.3, -0.25) is 0 Å². The van der Waals surface area contributed by atoms with Crippen molar-refractivity contribution in [1.82, 2.24) is 4.98 Å². The number of benzene rings is 1. The van der Waals surface area contributed by atoms with Gasteiger partial charge in [-0.05, 0) is 30.3 Å². The van der Waals surface area contributed by atoms with Crippen LogP contribution in [-0.4, -0.2) is 4.98 Å². The highest BCUT2D eigenvalue weighted by atomic mass is 35.5. The normalized spacial score (nSPS) is 10.5. The lowest BCUT2D eigenvalue weighted by atomic mass is 10.1. The van der Waals surface area contributed by atoms with Crippen molar-refractivity contribution in [2.45, 2.75) is 0 Å². The second kappa shape index (κ2) is 4.58. The largest absolute Gasteiger partial charge is 0.222 e. The van der Waals surface area contributed by atoms with Gasteiger partial charge in [-0.15, -0.1) is 0 Å². The van der Waals surface area contributed by atoms with Crippen LogP contribution in [0.4, 0.5) is 4.39 Å². The van der Waals surface area contributed by atoms with E-state index in [2.05, 4.69) is 4.98 Å². The topological polar surface area (TPSA) is 12.9 Å². The van der Waals surface area contributed by atoms with Gasteiger partial charge in [-0.2, -0.15) is 4.39 Å². The van der Waals surface area contributed by atoms with Crippen molar-refractivity contribution in [3.63, 3.8) is 0 Å². The van der Waals surface area contributed by atoms with Crippen LogP contribution in [-0.2, 0) is 0 Å². The molecule has 1 aromatic carbocycles. The Morgan fingerprint density at radius 1 is 0.938 bits per heavy atom. The van der Waals surface area contributed by atoms with E-state index >= 15 is 0 Å². The Labute approximate surface area is 107 Å². The van der Waals surface area contributed by atoms with E-state index < -0.39 is 5.95 Å². The van der Waals surface area contributed by atoms with Gasteiger partial charge in [0.2, 0.25) is 5.95 Å². The summed E-state index contributed by atoms with van der Waals surface area (Å²) in [6, 6.07) is 7.83. The monoisotopic (exact) mass is 275 g/mol. The van der Waals surface area contributed by atoms with Crippen molar-refractivity contribution in [3.05, 3.63) is 51.5 Å². The number of pyridine rings is 1. The Morgan fingerprint density at radius 3 is 2.38 bits per heavy atom. The molecule has 1 heterocycles. The first-order valence-corrected chi connectivity index (χ1v) is 5.49. The molecule has 0 saturated carbocycles. The maximum Gasteiger partial charge on any atom is 0.222 e. The lowest BCUT2D eigenvalue weighted by molar-refractivity contribution is 0.588. The standard InChI is InChI=1S/C11H5Cl3FN/c12-6-1-3-9(13)8(5-6)7-2-4-10(14)16-11(7)15/h1-5H. The van der Waals surface area contributed by atoms with Crippen LogP contribution in [0, 0.1) is 5.95 Å². The fourth-order valence-corrected chi connectivity index (χ4v) is 1.85. The van der Waals surface area contributed by atoms with Crippen molar-refractivity contribution in [2.75, 3.05) is 0 Å². The smallest absolute Gasteiger partial charge is 0.207 e. The minimum atomic E-state index is -0.670. The summed E-state index contributed by atoms with van der Waals surface area (Å²) in [5.41, 5.74) is 0.771. The van der Waals surface area contributed by atoms with E-state index in [9.17, 15) is 4.39 Å². The number of hydrogen-bond donors (Lipinski definition) is 0. The fourth-order valence-electron chi connectivity index (χ4n) is 1.32. The van der Waals surface area contributed by atoms with Crippen LogP contribution in [0.1, 0.15) is 0 Å². The Hall–Kier alpha value is -0.830. The third-order valence-electron chi connectivity index (χ3n) is 2.03. The van der Waals surface area contributed by atoms with Crippen molar-refractivity contribution < 1.29 is 4.39 Å². The highest BCUT2D eigenvalue weighted by Gasteiger charge is 2.11. The van der Waals surface area contributed by atoms with Crippen LogP contribution in [0.25, 0.3) is 11.1 Å². The molecule has 0 bridgehead atoms. The van der Waals surface area contributed by atoms with Crippen LogP contribution in [0.3, 0.4) is 0 Å². The second-order valence-corrected chi connectivity index (χ2v) is 4.33. The van der Waals surface area contributed by atoms with Crippen LogP contribution in [0.5, 0.6) is 0 Å². The molecule has 0 aliphatic heterocycles. The highest BCUT2D eigenvalue weighted by molar-refractivity contribution is 6.35. The molecule has 0 spiro atoms. The summed E-state index contributed by atoms with van der Waals surface area (Å²) >= 11 is 17.3. The molecule has 1 nitrogen and oxygen atoms in total. The first-order valence-electron chi connectivity index (χ1n) is 4.35. The van der Waals surface area contributed by atoms with Crippen LogP contribution in [0.2, 0.25) is 15.2 Å². The molecule has 0 aliphatic carbocycles. The Balaban J connectivity index is 2.62. The molecule has 0 unspecified atom stereocenters. The number of aromatic nitrogens is 1. The summed E-state index contributed by atoms with van der Waals surface area (Å²) in [4.78, 5) is 3.52. The Bertz CT molecular complexity index is 543. The predicted octanol–water partition coefficient (Wildman–Crippen LogP) is 4.85. The maximum absolute atomic E-state index is 13.6. The van der Waals surface area contributed by atoms with E-state index in [1.54, 1.807) is 18.2 Å². The third-order valence-corrected chi connectivity index (χ3v) is 2.81. The van der Waals surface area contributed by atoms with Gasteiger partial charge < -0.3 is 0 Å². The zero-order valence-corrected chi connectivity index (χ0v) is 10.1. The fraction of sp³-hybridized carbons (Fsp3) is 0. The van der Waals surface area contributed by atoms with E-state index in [0.29, 0.717) is 15.6 Å². The van der Waals surface area contributed by atoms with Gasteiger partial charge in [0.25, 0.3) is 0 Å². The summed E-state index contributed by atoms with van der Waals surface area (Å²) in [7, 11) is 0. The molecular weight excluding hydrogens is 271 g/mol. The molecule has 0 radical (unpaired) electrons. The lowest BCUT2D eigenvalue weighted by Crippen LogP contribution is -1.90. The summed E-state index contributed by atoms with van der Waals surface area (Å²) in [6.45, 7) is 0. The van der Waals surface area contributed by atoms with E-state index in [-0.39, 0.29) is 10.7 Å². The van der Waals surface area contributed by atoms with Gasteiger partial charge in [-0.25, -0.2) is 4.98 Å². The average molecular weight is 277 g/mol. The zero-order valence-electron chi connectivity index (χ0n) is 7.85. The molecule has 0 amide bonds. The SMILES string of the molecule is Fc1nc(Cl)ccc1-c1cc(Cl)ccc1Cl. The van der Waals surface area contributed by atoms with E-state index in [1.807, 2.05) is 0 Å². The Kier molecular flexibility index (Phi) is 3.33. The van der Waals surface area contributed by atoms with Gasteiger partial charge in [0.05, 0.1) is 0 Å². The molecule has 82 valence electrons. The number of hydrogen-bond acceptors (Lipinski definition) is 1. The maximum atomic E-state index is 13.6. The van der Waals surface area contributed by atoms with Crippen molar-refractivity contribution in [1.29, 1.82) is 0 Å². The molecule has 0 atom stereocenters. The van der Waals surface area contributed by atoms with Crippen molar-refractivity contribution in [2.24, 2.45) is 0 Å². The molecule has 0 fully saturated rings. The van der Waals surface area contributed by atoms with Gasteiger partial charge >= 0.3 is 0 Å². The van der Waals surface area contributed by atoms with Crippen LogP contribution < -0.4 is 0 Å². The van der Waals surface area contributed by atoms with Gasteiger partial charge in [-0.1, -0.05) is 34.8 Å². The van der Waals surface area contributed by atoms with E-state index in [1.165, 1.54) is 12.1 Å². The molecular formula is C11H5Cl3FN. The molecule has 1 aromatic heterocycles. The van der Waals surface area contributed by atoms with E-state index in [0.717, 1.165) is 0 Å². The lowest BCUT2D eigenvalue weighted by Gasteiger charge is -2.05. The molecule has 0 saturated heterocycles. The van der Waals surface area contributed by atoms with E-state index in [4.69, 9.17) is 34.8 Å².